The summed E-state index contributed by atoms with van der Waals surface area (Å²) in [5.74, 6) is -0.147. The van der Waals surface area contributed by atoms with Crippen molar-refractivity contribution in [2.75, 3.05) is 6.61 Å². The highest BCUT2D eigenvalue weighted by Crippen LogP contribution is 2.21. The average molecular weight is 259 g/mol. The number of rotatable bonds is 4. The highest BCUT2D eigenvalue weighted by Gasteiger charge is 2.00. The topological polar surface area (TPSA) is 46.5 Å². The summed E-state index contributed by atoms with van der Waals surface area (Å²) in [6, 6.07) is 5.55. The molecule has 4 heteroatoms. The van der Waals surface area contributed by atoms with E-state index in [-0.39, 0.29) is 13.0 Å². The summed E-state index contributed by atoms with van der Waals surface area (Å²) in [4.78, 5) is 10.2. The number of carbonyl (C=O) groups is 1. The maximum absolute atomic E-state index is 10.2. The Morgan fingerprint density at radius 2 is 2.29 bits per heavy atom. The Morgan fingerprint density at radius 3 is 2.86 bits per heavy atom. The molecule has 0 fully saturated rings. The van der Waals surface area contributed by atoms with E-state index in [4.69, 9.17) is 9.84 Å². The summed E-state index contributed by atoms with van der Waals surface area (Å²) in [6.07, 6.45) is 0.0229. The van der Waals surface area contributed by atoms with Crippen LogP contribution in [0.2, 0.25) is 0 Å². The fraction of sp³-hybridized carbons (Fsp3) is 0.300. The number of benzene rings is 1. The third-order valence-electron chi connectivity index (χ3n) is 1.71. The Labute approximate surface area is 90.8 Å². The number of aryl methyl sites for hydroxylation is 1. The molecule has 0 atom stereocenters. The van der Waals surface area contributed by atoms with Crippen LogP contribution >= 0.6 is 15.9 Å². The van der Waals surface area contributed by atoms with Crippen molar-refractivity contribution in [3.63, 3.8) is 0 Å². The van der Waals surface area contributed by atoms with Gasteiger partial charge in [-0.25, -0.2) is 0 Å². The second-order valence-corrected chi connectivity index (χ2v) is 3.76. The molecule has 0 radical (unpaired) electrons. The highest BCUT2D eigenvalue weighted by molar-refractivity contribution is 9.10. The first kappa shape index (κ1) is 11.0. The number of aliphatic carboxylic acids is 1. The zero-order chi connectivity index (χ0) is 10.6. The van der Waals surface area contributed by atoms with E-state index in [0.29, 0.717) is 5.75 Å². The van der Waals surface area contributed by atoms with Gasteiger partial charge >= 0.3 is 5.97 Å². The average Bonchev–Trinajstić information content (AvgIpc) is 2.10. The van der Waals surface area contributed by atoms with Crippen LogP contribution in [0.25, 0.3) is 0 Å². The third kappa shape index (κ3) is 3.38. The van der Waals surface area contributed by atoms with Gasteiger partial charge < -0.3 is 9.84 Å². The zero-order valence-corrected chi connectivity index (χ0v) is 9.37. The first-order chi connectivity index (χ1) is 6.59. The van der Waals surface area contributed by atoms with Gasteiger partial charge in [-0.3, -0.25) is 4.79 Å². The maximum atomic E-state index is 10.2. The molecule has 14 heavy (non-hydrogen) atoms. The normalized spacial score (nSPS) is 9.86. The molecule has 0 aliphatic heterocycles. The van der Waals surface area contributed by atoms with Crippen molar-refractivity contribution in [1.82, 2.24) is 0 Å². The fourth-order valence-corrected chi connectivity index (χ4v) is 1.21. The number of hydrogen-bond donors (Lipinski definition) is 1. The van der Waals surface area contributed by atoms with Crippen LogP contribution in [-0.4, -0.2) is 17.7 Å². The van der Waals surface area contributed by atoms with Gasteiger partial charge in [-0.15, -0.1) is 0 Å². The summed E-state index contributed by atoms with van der Waals surface area (Å²) in [7, 11) is 0. The lowest BCUT2D eigenvalue weighted by Gasteiger charge is -2.05. The van der Waals surface area contributed by atoms with Gasteiger partial charge in [0.2, 0.25) is 0 Å². The molecule has 0 saturated carbocycles. The minimum absolute atomic E-state index is 0.0229. The van der Waals surface area contributed by atoms with Crippen molar-refractivity contribution in [1.29, 1.82) is 0 Å². The lowest BCUT2D eigenvalue weighted by molar-refractivity contribution is -0.137. The molecule has 76 valence electrons. The van der Waals surface area contributed by atoms with Crippen molar-refractivity contribution >= 4 is 21.9 Å². The van der Waals surface area contributed by atoms with Gasteiger partial charge in [0.15, 0.2) is 0 Å². The van der Waals surface area contributed by atoms with E-state index >= 15 is 0 Å². The molecule has 0 aromatic heterocycles. The van der Waals surface area contributed by atoms with Gasteiger partial charge in [0, 0.05) is 4.47 Å². The quantitative estimate of drug-likeness (QED) is 0.903. The van der Waals surface area contributed by atoms with E-state index in [1.165, 1.54) is 0 Å². The standard InChI is InChI=1S/C10H11BrO3/c1-7-6-8(2-3-9(7)11)14-5-4-10(12)13/h2-3,6H,4-5H2,1H3,(H,12,13). The minimum atomic E-state index is -0.848. The first-order valence-electron chi connectivity index (χ1n) is 4.20. The second-order valence-electron chi connectivity index (χ2n) is 2.90. The third-order valence-corrected chi connectivity index (χ3v) is 2.60. The van der Waals surface area contributed by atoms with E-state index in [0.717, 1.165) is 10.0 Å². The number of hydrogen-bond acceptors (Lipinski definition) is 2. The van der Waals surface area contributed by atoms with Gasteiger partial charge in [-0.05, 0) is 30.7 Å². The molecule has 0 bridgehead atoms. The van der Waals surface area contributed by atoms with Gasteiger partial charge in [0.25, 0.3) is 0 Å². The molecular weight excluding hydrogens is 248 g/mol. The van der Waals surface area contributed by atoms with E-state index < -0.39 is 5.97 Å². The maximum Gasteiger partial charge on any atom is 0.306 e. The number of halogens is 1. The highest BCUT2D eigenvalue weighted by atomic mass is 79.9. The Hall–Kier alpha value is -1.03. The molecule has 1 aromatic carbocycles. The summed E-state index contributed by atoms with van der Waals surface area (Å²) in [5, 5.41) is 8.40. The molecule has 0 heterocycles. The van der Waals surface area contributed by atoms with Crippen molar-refractivity contribution in [2.24, 2.45) is 0 Å². The van der Waals surface area contributed by atoms with E-state index in [1.54, 1.807) is 6.07 Å². The summed E-state index contributed by atoms with van der Waals surface area (Å²) < 4.78 is 6.27. The van der Waals surface area contributed by atoms with E-state index in [9.17, 15) is 4.79 Å². The van der Waals surface area contributed by atoms with Gasteiger partial charge in [-0.2, -0.15) is 0 Å². The Kier molecular flexibility index (Phi) is 3.95. The molecule has 3 nitrogen and oxygen atoms in total. The predicted molar refractivity (Wildman–Crippen MR) is 56.6 cm³/mol. The molecule has 1 N–H and O–H groups in total. The van der Waals surface area contributed by atoms with Crippen molar-refractivity contribution in [3.8, 4) is 5.75 Å². The van der Waals surface area contributed by atoms with Crippen LogP contribution in [0.5, 0.6) is 5.75 Å². The summed E-state index contributed by atoms with van der Waals surface area (Å²) in [5.41, 5.74) is 1.07. The van der Waals surface area contributed by atoms with Crippen molar-refractivity contribution < 1.29 is 14.6 Å². The van der Waals surface area contributed by atoms with Crippen LogP contribution in [0.1, 0.15) is 12.0 Å². The zero-order valence-electron chi connectivity index (χ0n) is 7.79. The first-order valence-corrected chi connectivity index (χ1v) is 4.99. The predicted octanol–water partition coefficient (Wildman–Crippen LogP) is 2.61. The Morgan fingerprint density at radius 1 is 1.57 bits per heavy atom. The molecular formula is C10H11BrO3. The largest absolute Gasteiger partial charge is 0.493 e. The number of carboxylic acids is 1. The van der Waals surface area contributed by atoms with Crippen LogP contribution in [0.4, 0.5) is 0 Å². The second kappa shape index (κ2) is 5.00. The number of ether oxygens (including phenoxy) is 1. The monoisotopic (exact) mass is 258 g/mol. The van der Waals surface area contributed by atoms with Crippen LogP contribution in [-0.2, 0) is 4.79 Å². The molecule has 0 spiro atoms. The minimum Gasteiger partial charge on any atom is -0.493 e. The van der Waals surface area contributed by atoms with Crippen LogP contribution in [0.3, 0.4) is 0 Å². The molecule has 0 saturated heterocycles. The lowest BCUT2D eigenvalue weighted by Crippen LogP contribution is -2.04. The lowest BCUT2D eigenvalue weighted by atomic mass is 10.2. The molecule has 0 aliphatic rings. The van der Waals surface area contributed by atoms with Gasteiger partial charge in [-0.1, -0.05) is 15.9 Å². The molecule has 1 aromatic rings. The Balaban J connectivity index is 2.51. The molecule has 0 aliphatic carbocycles. The summed E-state index contributed by atoms with van der Waals surface area (Å²) in [6.45, 7) is 2.16. The van der Waals surface area contributed by atoms with Crippen LogP contribution in [0, 0.1) is 6.92 Å². The molecule has 1 rings (SSSR count). The SMILES string of the molecule is Cc1cc(OCCC(=O)O)ccc1Br. The number of carboxylic acid groups (broad SMARTS) is 1. The smallest absolute Gasteiger partial charge is 0.306 e. The van der Waals surface area contributed by atoms with Crippen LogP contribution < -0.4 is 4.74 Å². The van der Waals surface area contributed by atoms with Crippen molar-refractivity contribution in [3.05, 3.63) is 28.2 Å². The molecule has 0 unspecified atom stereocenters. The van der Waals surface area contributed by atoms with E-state index in [1.807, 2.05) is 19.1 Å². The van der Waals surface area contributed by atoms with Crippen LogP contribution in [0.15, 0.2) is 22.7 Å². The van der Waals surface area contributed by atoms with E-state index in [2.05, 4.69) is 15.9 Å². The van der Waals surface area contributed by atoms with Crippen molar-refractivity contribution in [2.45, 2.75) is 13.3 Å². The van der Waals surface area contributed by atoms with Gasteiger partial charge in [0.1, 0.15) is 5.75 Å². The Bertz CT molecular complexity index is 336. The molecule has 0 amide bonds. The van der Waals surface area contributed by atoms with Gasteiger partial charge in [0.05, 0.1) is 13.0 Å². The fourth-order valence-electron chi connectivity index (χ4n) is 0.963. The summed E-state index contributed by atoms with van der Waals surface area (Å²) >= 11 is 3.37.